The molecule has 1 aliphatic carbocycles. The molecule has 1 N–H and O–H groups in total. The molecule has 2 aromatic rings. The van der Waals surface area contributed by atoms with Crippen LogP contribution < -0.4 is 5.32 Å². The highest BCUT2D eigenvalue weighted by molar-refractivity contribution is 5.87. The number of halogens is 1. The first kappa shape index (κ1) is 14.5. The Morgan fingerprint density at radius 1 is 1.24 bits per heavy atom. The van der Waals surface area contributed by atoms with Crippen molar-refractivity contribution < 1.29 is 4.39 Å². The number of rotatable bonds is 3. The van der Waals surface area contributed by atoms with Crippen LogP contribution in [0, 0.1) is 11.7 Å². The highest BCUT2D eigenvalue weighted by Gasteiger charge is 2.24. The minimum absolute atomic E-state index is 0.0813. The fraction of sp³-hybridized carbons (Fsp3) is 0.474. The van der Waals surface area contributed by atoms with E-state index in [1.54, 1.807) is 6.07 Å². The van der Waals surface area contributed by atoms with Crippen molar-refractivity contribution in [1.29, 1.82) is 0 Å². The van der Waals surface area contributed by atoms with Gasteiger partial charge in [-0.15, -0.1) is 0 Å². The van der Waals surface area contributed by atoms with Gasteiger partial charge < -0.3 is 5.32 Å². The summed E-state index contributed by atoms with van der Waals surface area (Å²) in [6.45, 7) is 5.48. The zero-order chi connectivity index (χ0) is 14.8. The Hall–Kier alpha value is -1.41. The number of hydrogen-bond donors (Lipinski definition) is 1. The third-order valence-corrected chi connectivity index (χ3v) is 4.68. The average molecular weight is 285 g/mol. The van der Waals surface area contributed by atoms with Crippen LogP contribution in [-0.2, 0) is 6.42 Å². The molecule has 2 aromatic carbocycles. The predicted molar refractivity (Wildman–Crippen MR) is 87.0 cm³/mol. The van der Waals surface area contributed by atoms with Crippen LogP contribution in [0.1, 0.15) is 50.3 Å². The molecule has 0 heterocycles. The third-order valence-electron chi connectivity index (χ3n) is 4.68. The Morgan fingerprint density at radius 3 is 2.76 bits per heavy atom. The summed E-state index contributed by atoms with van der Waals surface area (Å²) in [6, 6.07) is 9.98. The van der Waals surface area contributed by atoms with Crippen LogP contribution in [0.5, 0.6) is 0 Å². The Labute approximate surface area is 126 Å². The van der Waals surface area contributed by atoms with Crippen LogP contribution in [0.15, 0.2) is 30.3 Å². The van der Waals surface area contributed by atoms with Gasteiger partial charge >= 0.3 is 0 Å². The van der Waals surface area contributed by atoms with Crippen molar-refractivity contribution in [2.75, 3.05) is 6.54 Å². The molecule has 1 nitrogen and oxygen atoms in total. The van der Waals surface area contributed by atoms with Crippen LogP contribution in [0.2, 0.25) is 0 Å². The fourth-order valence-corrected chi connectivity index (χ4v) is 3.55. The van der Waals surface area contributed by atoms with Gasteiger partial charge in [-0.05, 0) is 60.7 Å². The fourth-order valence-electron chi connectivity index (χ4n) is 3.55. The van der Waals surface area contributed by atoms with Crippen LogP contribution >= 0.6 is 0 Å². The molecule has 0 radical (unpaired) electrons. The summed E-state index contributed by atoms with van der Waals surface area (Å²) in [6.07, 6.45) is 4.45. The van der Waals surface area contributed by atoms with E-state index in [0.717, 1.165) is 36.6 Å². The molecule has 0 amide bonds. The number of hydrogen-bond acceptors (Lipinski definition) is 1. The molecule has 0 saturated heterocycles. The Morgan fingerprint density at radius 2 is 2.00 bits per heavy atom. The minimum atomic E-state index is -0.0813. The van der Waals surface area contributed by atoms with E-state index in [-0.39, 0.29) is 11.9 Å². The number of nitrogens with one attached hydrogen (secondary N) is 1. The third kappa shape index (κ3) is 2.82. The summed E-state index contributed by atoms with van der Waals surface area (Å²) < 4.78 is 14.5. The van der Waals surface area contributed by atoms with E-state index in [0.29, 0.717) is 5.92 Å². The summed E-state index contributed by atoms with van der Waals surface area (Å²) in [4.78, 5) is 0. The van der Waals surface area contributed by atoms with Gasteiger partial charge in [-0.3, -0.25) is 0 Å². The summed E-state index contributed by atoms with van der Waals surface area (Å²) in [5.74, 6) is 0.593. The normalized spacial score (nSPS) is 22.0. The second-order valence-corrected chi connectivity index (χ2v) is 6.36. The maximum atomic E-state index is 14.5. The smallest absolute Gasteiger partial charge is 0.131 e. The lowest BCUT2D eigenvalue weighted by atomic mass is 9.92. The van der Waals surface area contributed by atoms with Crippen molar-refractivity contribution in [3.05, 3.63) is 47.3 Å². The quantitative estimate of drug-likeness (QED) is 0.783. The van der Waals surface area contributed by atoms with Crippen LogP contribution in [0.25, 0.3) is 10.8 Å². The highest BCUT2D eigenvalue weighted by Crippen LogP contribution is 2.36. The van der Waals surface area contributed by atoms with Gasteiger partial charge in [-0.25, -0.2) is 4.39 Å². The Balaban J connectivity index is 2.14. The standard InChI is InChI=1S/C19H24FN/c1-3-10-21-19-11-13(2)8-9-15-14-6-4-5-7-16(14)18(20)12-17(15)19/h4-7,12-13,19,21H,3,8-11H2,1-2H3. The maximum absolute atomic E-state index is 14.5. The van der Waals surface area contributed by atoms with Gasteiger partial charge in [0, 0.05) is 11.4 Å². The van der Waals surface area contributed by atoms with Crippen LogP contribution in [0.3, 0.4) is 0 Å². The summed E-state index contributed by atoms with van der Waals surface area (Å²) in [7, 11) is 0. The molecule has 2 atom stereocenters. The van der Waals surface area contributed by atoms with Gasteiger partial charge in [0.1, 0.15) is 5.82 Å². The van der Waals surface area contributed by atoms with E-state index < -0.39 is 0 Å². The lowest BCUT2D eigenvalue weighted by Crippen LogP contribution is -2.23. The maximum Gasteiger partial charge on any atom is 0.131 e. The van der Waals surface area contributed by atoms with E-state index in [4.69, 9.17) is 0 Å². The molecule has 3 rings (SSSR count). The molecule has 21 heavy (non-hydrogen) atoms. The first-order valence-electron chi connectivity index (χ1n) is 8.14. The van der Waals surface area contributed by atoms with E-state index in [9.17, 15) is 4.39 Å². The monoisotopic (exact) mass is 285 g/mol. The SMILES string of the molecule is CCCNC1CC(C)CCc2c1cc(F)c1ccccc21. The van der Waals surface area contributed by atoms with Gasteiger partial charge in [0.25, 0.3) is 0 Å². The topological polar surface area (TPSA) is 12.0 Å². The van der Waals surface area contributed by atoms with Gasteiger partial charge in [-0.1, -0.05) is 38.1 Å². The number of fused-ring (bicyclic) bond motifs is 3. The highest BCUT2D eigenvalue weighted by atomic mass is 19.1. The van der Waals surface area contributed by atoms with Crippen molar-refractivity contribution in [3.8, 4) is 0 Å². The first-order valence-corrected chi connectivity index (χ1v) is 8.14. The summed E-state index contributed by atoms with van der Waals surface area (Å²) >= 11 is 0. The second-order valence-electron chi connectivity index (χ2n) is 6.36. The lowest BCUT2D eigenvalue weighted by Gasteiger charge is -2.22. The molecule has 0 spiro atoms. The molecular formula is C19H24FN. The molecule has 2 heteroatoms. The molecule has 0 aromatic heterocycles. The second kappa shape index (κ2) is 6.15. The van der Waals surface area contributed by atoms with Crippen molar-refractivity contribution in [2.45, 2.75) is 45.6 Å². The Bertz CT molecular complexity index is 635. The van der Waals surface area contributed by atoms with Gasteiger partial charge in [0.15, 0.2) is 0 Å². The van der Waals surface area contributed by atoms with Crippen LogP contribution in [0.4, 0.5) is 4.39 Å². The van der Waals surface area contributed by atoms with E-state index in [1.165, 1.54) is 17.5 Å². The lowest BCUT2D eigenvalue weighted by molar-refractivity contribution is 0.408. The summed E-state index contributed by atoms with van der Waals surface area (Å²) in [5.41, 5.74) is 2.54. The van der Waals surface area contributed by atoms with E-state index >= 15 is 0 Å². The Kier molecular flexibility index (Phi) is 4.25. The zero-order valence-corrected chi connectivity index (χ0v) is 13.0. The molecule has 0 aliphatic heterocycles. The van der Waals surface area contributed by atoms with Crippen LogP contribution in [-0.4, -0.2) is 6.54 Å². The first-order chi connectivity index (χ1) is 10.2. The van der Waals surface area contributed by atoms with Crippen molar-refractivity contribution in [3.63, 3.8) is 0 Å². The predicted octanol–water partition coefficient (Wildman–Crippen LogP) is 4.99. The average Bonchev–Trinajstić information content (AvgIpc) is 2.65. The van der Waals surface area contributed by atoms with E-state index in [2.05, 4.69) is 25.2 Å². The molecule has 0 saturated carbocycles. The molecule has 0 fully saturated rings. The van der Waals surface area contributed by atoms with Crippen molar-refractivity contribution in [1.82, 2.24) is 5.32 Å². The van der Waals surface area contributed by atoms with Gasteiger partial charge in [0.05, 0.1) is 0 Å². The molecule has 2 unspecified atom stereocenters. The number of aryl methyl sites for hydroxylation is 1. The van der Waals surface area contributed by atoms with Gasteiger partial charge in [-0.2, -0.15) is 0 Å². The van der Waals surface area contributed by atoms with Crippen molar-refractivity contribution in [2.24, 2.45) is 5.92 Å². The summed E-state index contributed by atoms with van der Waals surface area (Å²) in [5, 5.41) is 5.49. The zero-order valence-electron chi connectivity index (χ0n) is 13.0. The molecule has 0 bridgehead atoms. The molecule has 112 valence electrons. The largest absolute Gasteiger partial charge is 0.310 e. The minimum Gasteiger partial charge on any atom is -0.310 e. The van der Waals surface area contributed by atoms with E-state index in [1.807, 2.05) is 18.2 Å². The number of benzene rings is 2. The van der Waals surface area contributed by atoms with Crippen molar-refractivity contribution >= 4 is 10.8 Å². The molecular weight excluding hydrogens is 261 g/mol. The van der Waals surface area contributed by atoms with Gasteiger partial charge in [0.2, 0.25) is 0 Å². The molecule has 1 aliphatic rings.